The van der Waals surface area contributed by atoms with Gasteiger partial charge in [-0.3, -0.25) is 4.79 Å². The first-order chi connectivity index (χ1) is 8.34. The predicted molar refractivity (Wildman–Crippen MR) is 73.4 cm³/mol. The van der Waals surface area contributed by atoms with E-state index >= 15 is 0 Å². The average molecular weight is 257 g/mol. The summed E-state index contributed by atoms with van der Waals surface area (Å²) in [6.07, 6.45) is 0.524. The van der Waals surface area contributed by atoms with Gasteiger partial charge in [0.15, 0.2) is 5.84 Å². The van der Waals surface area contributed by atoms with Crippen LogP contribution in [0.3, 0.4) is 0 Å². The number of oxime groups is 1. The molecule has 0 aromatic rings. The van der Waals surface area contributed by atoms with Gasteiger partial charge in [0.25, 0.3) is 0 Å². The Labute approximate surface area is 110 Å². The highest BCUT2D eigenvalue weighted by Gasteiger charge is 2.23. The van der Waals surface area contributed by atoms with Crippen molar-refractivity contribution < 1.29 is 10.0 Å². The van der Waals surface area contributed by atoms with Crippen molar-refractivity contribution in [3.63, 3.8) is 0 Å². The topological polar surface area (TPSA) is 87.7 Å². The summed E-state index contributed by atoms with van der Waals surface area (Å²) in [6, 6.07) is 0. The fraction of sp³-hybridized carbons (Fsp3) is 0.846. The van der Waals surface area contributed by atoms with Crippen molar-refractivity contribution in [2.24, 2.45) is 34.6 Å². The lowest BCUT2D eigenvalue weighted by Gasteiger charge is -2.26. The quantitative estimate of drug-likeness (QED) is 0.281. The summed E-state index contributed by atoms with van der Waals surface area (Å²) in [5, 5.41) is 14.4. The molecule has 1 unspecified atom stereocenters. The van der Waals surface area contributed by atoms with Crippen molar-refractivity contribution in [3.05, 3.63) is 0 Å². The van der Waals surface area contributed by atoms with Crippen molar-refractivity contribution in [1.82, 2.24) is 5.32 Å². The van der Waals surface area contributed by atoms with Gasteiger partial charge in [-0.2, -0.15) is 0 Å². The van der Waals surface area contributed by atoms with E-state index in [9.17, 15) is 4.79 Å². The summed E-state index contributed by atoms with van der Waals surface area (Å²) in [4.78, 5) is 11.9. The van der Waals surface area contributed by atoms with Crippen LogP contribution in [0.1, 0.15) is 41.0 Å². The second-order valence-corrected chi connectivity index (χ2v) is 5.38. The molecule has 5 nitrogen and oxygen atoms in total. The molecule has 5 heteroatoms. The van der Waals surface area contributed by atoms with Gasteiger partial charge in [-0.25, -0.2) is 0 Å². The maximum absolute atomic E-state index is 11.9. The third kappa shape index (κ3) is 4.94. The molecule has 0 rings (SSSR count). The van der Waals surface area contributed by atoms with Crippen LogP contribution in [-0.4, -0.2) is 23.5 Å². The summed E-state index contributed by atoms with van der Waals surface area (Å²) in [7, 11) is 0. The normalized spacial score (nSPS) is 14.3. The van der Waals surface area contributed by atoms with Crippen LogP contribution in [-0.2, 0) is 4.79 Å². The molecule has 0 heterocycles. The van der Waals surface area contributed by atoms with Crippen LogP contribution in [0.2, 0.25) is 0 Å². The molecule has 1 atom stereocenters. The molecule has 0 aromatic carbocycles. The van der Waals surface area contributed by atoms with Gasteiger partial charge in [0, 0.05) is 6.54 Å². The zero-order valence-corrected chi connectivity index (χ0v) is 12.1. The molecule has 0 bridgehead atoms. The second kappa shape index (κ2) is 7.95. The number of nitrogens with two attached hydrogens (primary N) is 1. The van der Waals surface area contributed by atoms with Crippen LogP contribution in [0.15, 0.2) is 5.16 Å². The SMILES string of the molecule is CCC(C(=O)NCC(C(C)C)C(C)C)C(N)=NO. The molecule has 0 fully saturated rings. The minimum atomic E-state index is -0.546. The van der Waals surface area contributed by atoms with Crippen molar-refractivity contribution in [1.29, 1.82) is 0 Å². The first kappa shape index (κ1) is 16.7. The van der Waals surface area contributed by atoms with Gasteiger partial charge in [0.2, 0.25) is 5.91 Å². The standard InChI is InChI=1S/C13H27N3O2/c1-6-10(12(14)16-18)13(17)15-7-11(8(2)3)9(4)5/h8-11,18H,6-7H2,1-5H3,(H2,14,16)(H,15,17). The number of amidine groups is 1. The monoisotopic (exact) mass is 257 g/mol. The van der Waals surface area contributed by atoms with Crippen LogP contribution in [0.25, 0.3) is 0 Å². The highest BCUT2D eigenvalue weighted by Crippen LogP contribution is 2.19. The number of hydrogen-bond donors (Lipinski definition) is 3. The van der Waals surface area contributed by atoms with Gasteiger partial charge in [0.1, 0.15) is 0 Å². The summed E-state index contributed by atoms with van der Waals surface area (Å²) in [6.45, 7) is 11.1. The van der Waals surface area contributed by atoms with Gasteiger partial charge < -0.3 is 16.3 Å². The van der Waals surface area contributed by atoms with E-state index in [1.165, 1.54) is 0 Å². The van der Waals surface area contributed by atoms with Gasteiger partial charge in [-0.1, -0.05) is 39.8 Å². The smallest absolute Gasteiger partial charge is 0.230 e. The highest BCUT2D eigenvalue weighted by molar-refractivity contribution is 6.01. The van der Waals surface area contributed by atoms with E-state index in [1.807, 2.05) is 6.92 Å². The van der Waals surface area contributed by atoms with E-state index in [0.717, 1.165) is 0 Å². The Kier molecular flexibility index (Phi) is 7.39. The molecule has 106 valence electrons. The van der Waals surface area contributed by atoms with Gasteiger partial charge in [-0.15, -0.1) is 0 Å². The average Bonchev–Trinajstić information content (AvgIpc) is 2.28. The zero-order chi connectivity index (χ0) is 14.3. The van der Waals surface area contributed by atoms with Crippen LogP contribution in [0.5, 0.6) is 0 Å². The molecule has 18 heavy (non-hydrogen) atoms. The van der Waals surface area contributed by atoms with Crippen LogP contribution >= 0.6 is 0 Å². The number of carbonyl (C=O) groups is 1. The molecule has 0 aliphatic carbocycles. The Morgan fingerprint density at radius 2 is 1.78 bits per heavy atom. The zero-order valence-electron chi connectivity index (χ0n) is 12.1. The third-order valence-corrected chi connectivity index (χ3v) is 3.42. The van der Waals surface area contributed by atoms with Crippen LogP contribution < -0.4 is 11.1 Å². The third-order valence-electron chi connectivity index (χ3n) is 3.42. The number of nitrogens with zero attached hydrogens (tertiary/aromatic N) is 1. The predicted octanol–water partition coefficient (Wildman–Crippen LogP) is 1.80. The Morgan fingerprint density at radius 1 is 1.28 bits per heavy atom. The Bertz CT molecular complexity index is 280. The Morgan fingerprint density at radius 3 is 2.11 bits per heavy atom. The minimum Gasteiger partial charge on any atom is -0.409 e. The largest absolute Gasteiger partial charge is 0.409 e. The number of amides is 1. The van der Waals surface area contributed by atoms with Crippen molar-refractivity contribution in [2.75, 3.05) is 6.54 Å². The van der Waals surface area contributed by atoms with E-state index < -0.39 is 5.92 Å². The lowest BCUT2D eigenvalue weighted by atomic mass is 9.85. The summed E-state index contributed by atoms with van der Waals surface area (Å²) < 4.78 is 0. The number of hydrogen-bond acceptors (Lipinski definition) is 3. The maximum atomic E-state index is 11.9. The van der Waals surface area contributed by atoms with E-state index in [-0.39, 0.29) is 11.7 Å². The first-order valence-corrected chi connectivity index (χ1v) is 6.60. The molecule has 4 N–H and O–H groups in total. The fourth-order valence-electron chi connectivity index (χ4n) is 2.18. The Balaban J connectivity index is 4.47. The molecule has 0 radical (unpaired) electrons. The summed E-state index contributed by atoms with van der Waals surface area (Å²) in [5.41, 5.74) is 5.49. The molecule has 0 aromatic heterocycles. The van der Waals surface area contributed by atoms with Gasteiger partial charge in [-0.05, 0) is 24.2 Å². The lowest BCUT2D eigenvalue weighted by molar-refractivity contribution is -0.123. The fourth-order valence-corrected chi connectivity index (χ4v) is 2.18. The number of carbonyl (C=O) groups excluding carboxylic acids is 1. The molecule has 0 saturated heterocycles. The van der Waals surface area contributed by atoms with Gasteiger partial charge >= 0.3 is 0 Å². The van der Waals surface area contributed by atoms with E-state index in [0.29, 0.717) is 30.7 Å². The first-order valence-electron chi connectivity index (χ1n) is 6.60. The molecule has 0 saturated carbocycles. The molecular weight excluding hydrogens is 230 g/mol. The van der Waals surface area contributed by atoms with Gasteiger partial charge in [0.05, 0.1) is 5.92 Å². The Hall–Kier alpha value is -1.26. The molecule has 1 amide bonds. The molecule has 0 spiro atoms. The highest BCUT2D eigenvalue weighted by atomic mass is 16.4. The number of nitrogens with one attached hydrogen (secondary N) is 1. The van der Waals surface area contributed by atoms with Crippen molar-refractivity contribution in [3.8, 4) is 0 Å². The minimum absolute atomic E-state index is 0.0272. The summed E-state index contributed by atoms with van der Waals surface area (Å²) in [5.74, 6) is 0.705. The second-order valence-electron chi connectivity index (χ2n) is 5.38. The molecular formula is C13H27N3O2. The van der Waals surface area contributed by atoms with Crippen LogP contribution in [0, 0.1) is 23.7 Å². The lowest BCUT2D eigenvalue weighted by Crippen LogP contribution is -2.42. The maximum Gasteiger partial charge on any atom is 0.230 e. The van der Waals surface area contributed by atoms with Crippen molar-refractivity contribution in [2.45, 2.75) is 41.0 Å². The van der Waals surface area contributed by atoms with E-state index in [4.69, 9.17) is 10.9 Å². The van der Waals surface area contributed by atoms with Crippen molar-refractivity contribution >= 4 is 11.7 Å². The van der Waals surface area contributed by atoms with E-state index in [1.54, 1.807) is 0 Å². The van der Waals surface area contributed by atoms with Crippen LogP contribution in [0.4, 0.5) is 0 Å². The molecule has 0 aliphatic rings. The summed E-state index contributed by atoms with van der Waals surface area (Å²) >= 11 is 0. The van der Waals surface area contributed by atoms with E-state index in [2.05, 4.69) is 38.2 Å². The number of rotatable bonds is 7. The molecule has 0 aliphatic heterocycles.